The van der Waals surface area contributed by atoms with E-state index in [9.17, 15) is 4.79 Å². The van der Waals surface area contributed by atoms with Gasteiger partial charge in [0.25, 0.3) is 0 Å². The zero-order valence-electron chi connectivity index (χ0n) is 8.71. The van der Waals surface area contributed by atoms with Crippen LogP contribution < -0.4 is 10.6 Å². The molecule has 1 aromatic heterocycles. The van der Waals surface area contributed by atoms with Crippen LogP contribution in [0.4, 0.5) is 5.13 Å². The molecule has 0 aliphatic rings. The highest BCUT2D eigenvalue weighted by Crippen LogP contribution is 2.23. The fraction of sp³-hybridized carbons (Fsp3) is 0.556. The van der Waals surface area contributed by atoms with Crippen LogP contribution in [-0.2, 0) is 4.79 Å². The van der Waals surface area contributed by atoms with Gasteiger partial charge in [-0.1, -0.05) is 25.2 Å². The Bertz CT molecular complexity index is 329. The minimum absolute atomic E-state index is 0.00204. The van der Waals surface area contributed by atoms with Crippen molar-refractivity contribution in [2.45, 2.75) is 13.8 Å². The van der Waals surface area contributed by atoms with Crippen molar-refractivity contribution >= 4 is 38.3 Å². The van der Waals surface area contributed by atoms with Crippen molar-refractivity contribution in [3.8, 4) is 0 Å². The van der Waals surface area contributed by atoms with Crippen LogP contribution in [0.2, 0.25) is 0 Å². The third kappa shape index (κ3) is 4.27. The molecule has 0 aliphatic heterocycles. The minimum Gasteiger partial charge on any atom is -0.316 e. The monoisotopic (exact) mass is 291 g/mol. The van der Waals surface area contributed by atoms with Gasteiger partial charge in [0, 0.05) is 12.5 Å². The molecule has 4 nitrogen and oxygen atoms in total. The summed E-state index contributed by atoms with van der Waals surface area (Å²) in [5.74, 6) is -0.0505. The average molecular weight is 292 g/mol. The van der Waals surface area contributed by atoms with Crippen molar-refractivity contribution in [2.24, 2.45) is 5.92 Å². The van der Waals surface area contributed by atoms with Crippen LogP contribution in [0.15, 0.2) is 9.98 Å². The molecule has 84 valence electrons. The van der Waals surface area contributed by atoms with Crippen LogP contribution in [0, 0.1) is 5.92 Å². The third-order valence-corrected chi connectivity index (χ3v) is 3.25. The Kier molecular flexibility index (Phi) is 5.21. The predicted molar refractivity (Wildman–Crippen MR) is 66.2 cm³/mol. The molecule has 0 aliphatic carbocycles. The Morgan fingerprint density at radius 2 is 2.47 bits per heavy atom. The number of carbonyl (C=O) groups is 1. The van der Waals surface area contributed by atoms with Crippen molar-refractivity contribution in [1.82, 2.24) is 10.3 Å². The van der Waals surface area contributed by atoms with Gasteiger partial charge in [-0.2, -0.15) is 0 Å². The van der Waals surface area contributed by atoms with E-state index in [1.165, 1.54) is 11.3 Å². The smallest absolute Gasteiger partial charge is 0.230 e. The highest BCUT2D eigenvalue weighted by atomic mass is 79.9. The van der Waals surface area contributed by atoms with Crippen LogP contribution >= 0.6 is 27.3 Å². The summed E-state index contributed by atoms with van der Waals surface area (Å²) in [6, 6.07) is 0. The first-order valence-electron chi connectivity index (χ1n) is 4.76. The van der Waals surface area contributed by atoms with Crippen LogP contribution in [0.1, 0.15) is 13.8 Å². The SMILES string of the molecule is CCNCC(C)C(=O)Nc1ncc(Br)s1. The molecule has 0 radical (unpaired) electrons. The highest BCUT2D eigenvalue weighted by molar-refractivity contribution is 9.11. The number of hydrogen-bond acceptors (Lipinski definition) is 4. The molecule has 6 heteroatoms. The van der Waals surface area contributed by atoms with Crippen molar-refractivity contribution in [3.63, 3.8) is 0 Å². The Morgan fingerprint density at radius 3 is 3.00 bits per heavy atom. The number of hydrogen-bond donors (Lipinski definition) is 2. The molecule has 1 aromatic rings. The maximum absolute atomic E-state index is 11.6. The first kappa shape index (κ1) is 12.6. The quantitative estimate of drug-likeness (QED) is 0.873. The zero-order valence-corrected chi connectivity index (χ0v) is 11.1. The summed E-state index contributed by atoms with van der Waals surface area (Å²) in [4.78, 5) is 15.7. The molecule has 0 aromatic carbocycles. The van der Waals surface area contributed by atoms with E-state index in [0.29, 0.717) is 11.7 Å². The third-order valence-electron chi connectivity index (χ3n) is 1.86. The molecule has 0 saturated heterocycles. The summed E-state index contributed by atoms with van der Waals surface area (Å²) in [5.41, 5.74) is 0. The summed E-state index contributed by atoms with van der Waals surface area (Å²) in [6.07, 6.45) is 1.68. The van der Waals surface area contributed by atoms with Crippen LogP contribution in [0.5, 0.6) is 0 Å². The maximum Gasteiger partial charge on any atom is 0.230 e. The summed E-state index contributed by atoms with van der Waals surface area (Å²) in [5, 5.41) is 6.54. The lowest BCUT2D eigenvalue weighted by atomic mass is 10.1. The predicted octanol–water partition coefficient (Wildman–Crippen LogP) is 2.09. The van der Waals surface area contributed by atoms with Gasteiger partial charge < -0.3 is 10.6 Å². The van der Waals surface area contributed by atoms with Gasteiger partial charge in [0.05, 0.1) is 9.98 Å². The van der Waals surface area contributed by atoms with Gasteiger partial charge in [-0.15, -0.1) is 0 Å². The van der Waals surface area contributed by atoms with E-state index >= 15 is 0 Å². The van der Waals surface area contributed by atoms with E-state index in [1.54, 1.807) is 6.20 Å². The molecule has 0 fully saturated rings. The molecule has 0 saturated carbocycles. The summed E-state index contributed by atoms with van der Waals surface area (Å²) < 4.78 is 0.914. The van der Waals surface area contributed by atoms with Gasteiger partial charge >= 0.3 is 0 Å². The first-order valence-corrected chi connectivity index (χ1v) is 6.37. The Labute approximate surface area is 102 Å². The number of nitrogens with zero attached hydrogens (tertiary/aromatic N) is 1. The van der Waals surface area contributed by atoms with Gasteiger partial charge in [-0.3, -0.25) is 4.79 Å². The van der Waals surface area contributed by atoms with Gasteiger partial charge in [-0.25, -0.2) is 4.98 Å². The molecule has 1 atom stereocenters. The molecule has 1 rings (SSSR count). The summed E-state index contributed by atoms with van der Waals surface area (Å²) in [7, 11) is 0. The maximum atomic E-state index is 11.6. The zero-order chi connectivity index (χ0) is 11.3. The van der Waals surface area contributed by atoms with E-state index in [-0.39, 0.29) is 11.8 Å². The first-order chi connectivity index (χ1) is 7.13. The van der Waals surface area contributed by atoms with Crippen molar-refractivity contribution in [3.05, 3.63) is 9.98 Å². The fourth-order valence-electron chi connectivity index (χ4n) is 0.994. The second-order valence-corrected chi connectivity index (χ2v) is 5.58. The lowest BCUT2D eigenvalue weighted by Crippen LogP contribution is -2.30. The number of thiazole rings is 1. The van der Waals surface area contributed by atoms with E-state index in [4.69, 9.17) is 0 Å². The largest absolute Gasteiger partial charge is 0.316 e. The molecule has 1 unspecified atom stereocenters. The molecule has 15 heavy (non-hydrogen) atoms. The average Bonchev–Trinajstić information content (AvgIpc) is 2.60. The van der Waals surface area contributed by atoms with Gasteiger partial charge in [0.15, 0.2) is 5.13 Å². The highest BCUT2D eigenvalue weighted by Gasteiger charge is 2.13. The number of carbonyl (C=O) groups excluding carboxylic acids is 1. The van der Waals surface area contributed by atoms with Crippen LogP contribution in [-0.4, -0.2) is 24.0 Å². The van der Waals surface area contributed by atoms with E-state index in [2.05, 4.69) is 31.5 Å². The molecule has 2 N–H and O–H groups in total. The number of nitrogens with one attached hydrogen (secondary N) is 2. The number of anilines is 1. The van der Waals surface area contributed by atoms with E-state index in [1.807, 2.05) is 13.8 Å². The number of rotatable bonds is 5. The second kappa shape index (κ2) is 6.19. The second-order valence-electron chi connectivity index (χ2n) is 3.17. The fourth-order valence-corrected chi connectivity index (χ4v) is 2.10. The molecular formula is C9H14BrN3OS. The van der Waals surface area contributed by atoms with E-state index in [0.717, 1.165) is 10.3 Å². The molecule has 0 spiro atoms. The Morgan fingerprint density at radius 1 is 1.73 bits per heavy atom. The number of aromatic nitrogens is 1. The van der Waals surface area contributed by atoms with Crippen molar-refractivity contribution in [2.75, 3.05) is 18.4 Å². The molecule has 1 heterocycles. The standard InChI is InChI=1S/C9H14BrN3OS/c1-3-11-4-6(2)8(14)13-9-12-5-7(10)15-9/h5-6,11H,3-4H2,1-2H3,(H,12,13,14). The summed E-state index contributed by atoms with van der Waals surface area (Å²) in [6.45, 7) is 5.47. The topological polar surface area (TPSA) is 54.0 Å². The van der Waals surface area contributed by atoms with Crippen molar-refractivity contribution in [1.29, 1.82) is 0 Å². The lowest BCUT2D eigenvalue weighted by Gasteiger charge is -2.10. The molecular weight excluding hydrogens is 278 g/mol. The van der Waals surface area contributed by atoms with Crippen LogP contribution in [0.25, 0.3) is 0 Å². The van der Waals surface area contributed by atoms with Crippen molar-refractivity contribution < 1.29 is 4.79 Å². The summed E-state index contributed by atoms with van der Waals surface area (Å²) >= 11 is 4.70. The normalized spacial score (nSPS) is 12.5. The number of halogens is 1. The van der Waals surface area contributed by atoms with E-state index < -0.39 is 0 Å². The Hall–Kier alpha value is -0.460. The van der Waals surface area contributed by atoms with Gasteiger partial charge in [-0.05, 0) is 22.5 Å². The Balaban J connectivity index is 2.41. The van der Waals surface area contributed by atoms with Gasteiger partial charge in [0.1, 0.15) is 0 Å². The molecule has 0 bridgehead atoms. The lowest BCUT2D eigenvalue weighted by molar-refractivity contribution is -0.119. The van der Waals surface area contributed by atoms with Gasteiger partial charge in [0.2, 0.25) is 5.91 Å². The number of amides is 1. The minimum atomic E-state index is -0.0485. The van der Waals surface area contributed by atoms with Crippen LogP contribution in [0.3, 0.4) is 0 Å². The molecule has 1 amide bonds.